The monoisotopic (exact) mass is 367 g/mol. The van der Waals surface area contributed by atoms with E-state index in [1.807, 2.05) is 26.8 Å². The Labute approximate surface area is 159 Å². The Morgan fingerprint density at radius 3 is 2.19 bits per heavy atom. The lowest BCUT2D eigenvalue weighted by Gasteiger charge is -2.34. The number of aryl methyl sites for hydroxylation is 2. The van der Waals surface area contributed by atoms with Crippen LogP contribution in [0.2, 0.25) is 0 Å². The Morgan fingerprint density at radius 1 is 0.926 bits per heavy atom. The Hall–Kier alpha value is -2.89. The van der Waals surface area contributed by atoms with Crippen molar-refractivity contribution in [2.45, 2.75) is 20.8 Å². The van der Waals surface area contributed by atoms with E-state index in [1.54, 1.807) is 34.3 Å². The Balaban J connectivity index is 1.53. The van der Waals surface area contributed by atoms with Crippen molar-refractivity contribution in [3.05, 3.63) is 58.9 Å². The third-order valence-electron chi connectivity index (χ3n) is 5.06. The number of amides is 2. The minimum absolute atomic E-state index is 0.0173. The van der Waals surface area contributed by atoms with Crippen molar-refractivity contribution in [2.75, 3.05) is 32.8 Å². The number of rotatable bonds is 4. The molecular formula is C21H25N3O3. The number of piperazine rings is 1. The number of aromatic nitrogens is 1. The topological polar surface area (TPSA) is 62.7 Å². The van der Waals surface area contributed by atoms with Crippen LogP contribution < -0.4 is 4.74 Å². The molecule has 2 amide bonds. The molecule has 6 heteroatoms. The van der Waals surface area contributed by atoms with Gasteiger partial charge >= 0.3 is 0 Å². The fourth-order valence-corrected chi connectivity index (χ4v) is 3.21. The highest BCUT2D eigenvalue weighted by Gasteiger charge is 2.25. The van der Waals surface area contributed by atoms with E-state index in [0.29, 0.717) is 31.7 Å². The molecule has 2 heterocycles. The first kappa shape index (κ1) is 18.9. The number of pyridine rings is 1. The Morgan fingerprint density at radius 2 is 1.52 bits per heavy atom. The van der Waals surface area contributed by atoms with E-state index >= 15 is 0 Å². The largest absolute Gasteiger partial charge is 0.483 e. The molecule has 1 aliphatic heterocycles. The minimum atomic E-state index is -0.0497. The molecule has 0 N–H and O–H groups in total. The second-order valence-corrected chi connectivity index (χ2v) is 6.85. The number of hydrogen-bond acceptors (Lipinski definition) is 4. The molecule has 0 saturated carbocycles. The number of nitrogens with zero attached hydrogens (tertiary/aromatic N) is 3. The van der Waals surface area contributed by atoms with E-state index in [0.717, 1.165) is 22.4 Å². The molecule has 1 fully saturated rings. The highest BCUT2D eigenvalue weighted by Crippen LogP contribution is 2.25. The van der Waals surface area contributed by atoms with Crippen molar-refractivity contribution in [3.8, 4) is 5.75 Å². The molecule has 1 aliphatic rings. The lowest BCUT2D eigenvalue weighted by atomic mass is 10.1. The summed E-state index contributed by atoms with van der Waals surface area (Å²) in [5.74, 6) is 0.716. The zero-order valence-electron chi connectivity index (χ0n) is 16.1. The van der Waals surface area contributed by atoms with Crippen molar-refractivity contribution in [2.24, 2.45) is 0 Å². The van der Waals surface area contributed by atoms with Gasteiger partial charge in [-0.3, -0.25) is 14.6 Å². The van der Waals surface area contributed by atoms with Crippen LogP contribution in [0.1, 0.15) is 27.0 Å². The maximum Gasteiger partial charge on any atom is 0.260 e. The van der Waals surface area contributed by atoms with Gasteiger partial charge in [-0.15, -0.1) is 0 Å². The quantitative estimate of drug-likeness (QED) is 0.832. The van der Waals surface area contributed by atoms with Gasteiger partial charge in [0, 0.05) is 44.1 Å². The molecule has 1 saturated heterocycles. The number of benzene rings is 1. The van der Waals surface area contributed by atoms with Crippen LogP contribution in [0.25, 0.3) is 0 Å². The lowest BCUT2D eigenvalue weighted by molar-refractivity contribution is -0.134. The molecule has 1 aromatic carbocycles. The molecule has 27 heavy (non-hydrogen) atoms. The highest BCUT2D eigenvalue weighted by atomic mass is 16.5. The van der Waals surface area contributed by atoms with Gasteiger partial charge in [0.15, 0.2) is 6.61 Å². The van der Waals surface area contributed by atoms with E-state index in [-0.39, 0.29) is 18.4 Å². The van der Waals surface area contributed by atoms with Crippen molar-refractivity contribution in [1.29, 1.82) is 0 Å². The summed E-state index contributed by atoms with van der Waals surface area (Å²) >= 11 is 0. The summed E-state index contributed by atoms with van der Waals surface area (Å²) in [4.78, 5) is 32.4. The number of hydrogen-bond donors (Lipinski definition) is 0. The SMILES string of the molecule is Cc1ccc(C)c(OCC(=O)N2CCN(C(=O)c3ccncc3)CC2)c1C. The average molecular weight is 367 g/mol. The predicted molar refractivity (Wildman–Crippen MR) is 103 cm³/mol. The summed E-state index contributed by atoms with van der Waals surface area (Å²) in [5.41, 5.74) is 3.86. The first-order valence-electron chi connectivity index (χ1n) is 9.14. The van der Waals surface area contributed by atoms with Crippen molar-refractivity contribution >= 4 is 11.8 Å². The Bertz CT molecular complexity index is 828. The van der Waals surface area contributed by atoms with Gasteiger partial charge in [0.2, 0.25) is 0 Å². The van der Waals surface area contributed by atoms with Gasteiger partial charge < -0.3 is 14.5 Å². The van der Waals surface area contributed by atoms with Crippen molar-refractivity contribution in [1.82, 2.24) is 14.8 Å². The molecule has 1 aromatic heterocycles. The van der Waals surface area contributed by atoms with E-state index in [4.69, 9.17) is 4.74 Å². The van der Waals surface area contributed by atoms with Gasteiger partial charge in [-0.1, -0.05) is 12.1 Å². The average Bonchev–Trinajstić information content (AvgIpc) is 2.71. The van der Waals surface area contributed by atoms with E-state index in [2.05, 4.69) is 11.1 Å². The van der Waals surface area contributed by atoms with Gasteiger partial charge in [0.1, 0.15) is 5.75 Å². The molecule has 0 radical (unpaired) electrons. The predicted octanol–water partition coefficient (Wildman–Crippen LogP) is 2.37. The second kappa shape index (κ2) is 8.20. The van der Waals surface area contributed by atoms with Crippen LogP contribution in [-0.2, 0) is 4.79 Å². The summed E-state index contributed by atoms with van der Waals surface area (Å²) in [6.45, 7) is 8.12. The molecule has 2 aromatic rings. The molecule has 3 rings (SSSR count). The van der Waals surface area contributed by atoms with E-state index in [9.17, 15) is 9.59 Å². The van der Waals surface area contributed by atoms with Crippen LogP contribution in [0.4, 0.5) is 0 Å². The van der Waals surface area contributed by atoms with Crippen LogP contribution in [0.3, 0.4) is 0 Å². The molecule has 0 spiro atoms. The summed E-state index contributed by atoms with van der Waals surface area (Å²) < 4.78 is 5.83. The van der Waals surface area contributed by atoms with Crippen molar-refractivity contribution < 1.29 is 14.3 Å². The third kappa shape index (κ3) is 4.27. The Kier molecular flexibility index (Phi) is 5.74. The molecule has 142 valence electrons. The zero-order valence-corrected chi connectivity index (χ0v) is 16.1. The summed E-state index contributed by atoms with van der Waals surface area (Å²) in [7, 11) is 0. The molecular weight excluding hydrogens is 342 g/mol. The smallest absolute Gasteiger partial charge is 0.260 e. The normalized spacial score (nSPS) is 14.2. The first-order valence-corrected chi connectivity index (χ1v) is 9.14. The molecule has 0 atom stereocenters. The standard InChI is InChI=1S/C21H25N3O3/c1-15-4-5-16(2)20(17(15)3)27-14-19(25)23-10-12-24(13-11-23)21(26)18-6-8-22-9-7-18/h4-9H,10-14H2,1-3H3. The first-order chi connectivity index (χ1) is 13.0. The fraction of sp³-hybridized carbons (Fsp3) is 0.381. The van der Waals surface area contributed by atoms with E-state index < -0.39 is 0 Å². The van der Waals surface area contributed by atoms with Crippen LogP contribution in [0.15, 0.2) is 36.7 Å². The van der Waals surface area contributed by atoms with Crippen molar-refractivity contribution in [3.63, 3.8) is 0 Å². The van der Waals surface area contributed by atoms with Crippen LogP contribution in [-0.4, -0.2) is 59.4 Å². The van der Waals surface area contributed by atoms with Crippen LogP contribution in [0, 0.1) is 20.8 Å². The van der Waals surface area contributed by atoms with E-state index in [1.165, 1.54) is 0 Å². The molecule has 6 nitrogen and oxygen atoms in total. The molecule has 0 aliphatic carbocycles. The number of carbonyl (C=O) groups is 2. The maximum absolute atomic E-state index is 12.5. The maximum atomic E-state index is 12.5. The summed E-state index contributed by atoms with van der Waals surface area (Å²) in [6, 6.07) is 7.48. The lowest BCUT2D eigenvalue weighted by Crippen LogP contribution is -2.51. The van der Waals surface area contributed by atoms with Gasteiger partial charge in [-0.25, -0.2) is 0 Å². The van der Waals surface area contributed by atoms with Crippen LogP contribution >= 0.6 is 0 Å². The highest BCUT2D eigenvalue weighted by molar-refractivity contribution is 5.94. The van der Waals surface area contributed by atoms with Gasteiger partial charge in [-0.2, -0.15) is 0 Å². The molecule has 0 unspecified atom stereocenters. The van der Waals surface area contributed by atoms with Gasteiger partial charge in [0.05, 0.1) is 0 Å². The van der Waals surface area contributed by atoms with Gasteiger partial charge in [0.25, 0.3) is 11.8 Å². The fourth-order valence-electron chi connectivity index (χ4n) is 3.21. The van der Waals surface area contributed by atoms with Crippen LogP contribution in [0.5, 0.6) is 5.75 Å². The van der Waals surface area contributed by atoms with Gasteiger partial charge in [-0.05, 0) is 49.6 Å². The summed E-state index contributed by atoms with van der Waals surface area (Å²) in [5, 5.41) is 0. The molecule has 0 bridgehead atoms. The zero-order chi connectivity index (χ0) is 19.4. The second-order valence-electron chi connectivity index (χ2n) is 6.85. The third-order valence-corrected chi connectivity index (χ3v) is 5.06. The summed E-state index contributed by atoms with van der Waals surface area (Å²) in [6.07, 6.45) is 3.22. The number of carbonyl (C=O) groups excluding carboxylic acids is 2. The minimum Gasteiger partial charge on any atom is -0.483 e. The number of ether oxygens (including phenoxy) is 1.